The molecule has 150 valence electrons. The molecule has 0 saturated carbocycles. The third-order valence-electron chi connectivity index (χ3n) is 5.77. The van der Waals surface area contributed by atoms with Crippen molar-refractivity contribution in [2.75, 3.05) is 18.1 Å². The molecule has 29 heavy (non-hydrogen) atoms. The van der Waals surface area contributed by atoms with E-state index in [-0.39, 0.29) is 24.9 Å². The van der Waals surface area contributed by atoms with Crippen LogP contribution in [0.2, 0.25) is 5.02 Å². The minimum absolute atomic E-state index is 0.258. The van der Waals surface area contributed by atoms with E-state index in [0.29, 0.717) is 34.6 Å². The normalized spacial score (nSPS) is 28.1. The predicted octanol–water partition coefficient (Wildman–Crippen LogP) is 2.04. The number of nitrogens with zero attached hydrogens (tertiary/aromatic N) is 3. The largest absolute Gasteiger partial charge is 0.456 e. The van der Waals surface area contributed by atoms with Gasteiger partial charge in [-0.05, 0) is 17.2 Å². The van der Waals surface area contributed by atoms with Crippen LogP contribution in [0.15, 0.2) is 30.3 Å². The molecule has 8 nitrogen and oxygen atoms in total. The third-order valence-corrected chi connectivity index (χ3v) is 6.05. The molecule has 0 bridgehead atoms. The SMILES string of the molecule is O[C@@H]1CO[C@H]2[C@@H]1OC[C@H]2Oc1nc2nc(N3Cc4ccccc4C3)c(Cl)cc2[nH]1. The van der Waals surface area contributed by atoms with Crippen molar-refractivity contribution >= 4 is 28.6 Å². The second kappa shape index (κ2) is 6.56. The molecule has 3 aromatic rings. The van der Waals surface area contributed by atoms with E-state index in [1.165, 1.54) is 11.1 Å². The van der Waals surface area contributed by atoms with E-state index in [4.69, 9.17) is 25.8 Å². The second-order valence-electron chi connectivity index (χ2n) is 7.65. The van der Waals surface area contributed by atoms with E-state index >= 15 is 0 Å². The number of aromatic amines is 1. The monoisotopic (exact) mass is 414 g/mol. The molecule has 0 radical (unpaired) electrons. The molecule has 0 unspecified atom stereocenters. The Balaban J connectivity index is 1.26. The second-order valence-corrected chi connectivity index (χ2v) is 8.06. The number of anilines is 1. The smallest absolute Gasteiger partial charge is 0.296 e. The highest BCUT2D eigenvalue weighted by molar-refractivity contribution is 6.33. The number of benzene rings is 1. The van der Waals surface area contributed by atoms with Crippen LogP contribution in [0.25, 0.3) is 11.2 Å². The van der Waals surface area contributed by atoms with Gasteiger partial charge in [-0.2, -0.15) is 4.98 Å². The van der Waals surface area contributed by atoms with Crippen LogP contribution >= 0.6 is 11.6 Å². The van der Waals surface area contributed by atoms with Gasteiger partial charge < -0.3 is 29.2 Å². The fourth-order valence-electron chi connectivity index (χ4n) is 4.34. The number of imidazole rings is 1. The molecule has 2 saturated heterocycles. The topological polar surface area (TPSA) is 92.7 Å². The Morgan fingerprint density at radius 3 is 2.66 bits per heavy atom. The van der Waals surface area contributed by atoms with Crippen molar-refractivity contribution < 1.29 is 19.3 Å². The Morgan fingerprint density at radius 1 is 1.10 bits per heavy atom. The lowest BCUT2D eigenvalue weighted by molar-refractivity contribution is 0.00706. The molecular weight excluding hydrogens is 396 g/mol. The molecule has 1 aromatic carbocycles. The maximum atomic E-state index is 9.87. The quantitative estimate of drug-likeness (QED) is 0.677. The molecule has 5 heterocycles. The number of hydrogen-bond donors (Lipinski definition) is 2. The van der Waals surface area contributed by atoms with Gasteiger partial charge in [-0.15, -0.1) is 0 Å². The third kappa shape index (κ3) is 2.86. The first-order chi connectivity index (χ1) is 14.2. The van der Waals surface area contributed by atoms with Crippen molar-refractivity contribution in [2.45, 2.75) is 37.5 Å². The fraction of sp³-hybridized carbons (Fsp3) is 0.400. The maximum Gasteiger partial charge on any atom is 0.296 e. The van der Waals surface area contributed by atoms with Crippen LogP contribution in [0.1, 0.15) is 11.1 Å². The Labute approximate surface area is 171 Å². The van der Waals surface area contributed by atoms with Crippen LogP contribution < -0.4 is 9.64 Å². The van der Waals surface area contributed by atoms with Crippen LogP contribution in [0, 0.1) is 0 Å². The van der Waals surface area contributed by atoms with E-state index in [1.807, 2.05) is 18.2 Å². The number of ether oxygens (including phenoxy) is 3. The van der Waals surface area contributed by atoms with Crippen molar-refractivity contribution in [2.24, 2.45) is 0 Å². The van der Waals surface area contributed by atoms with Gasteiger partial charge in [-0.25, -0.2) is 4.98 Å². The Morgan fingerprint density at radius 2 is 1.86 bits per heavy atom. The zero-order valence-corrected chi connectivity index (χ0v) is 16.2. The average molecular weight is 415 g/mol. The summed E-state index contributed by atoms with van der Waals surface area (Å²) < 4.78 is 17.2. The molecule has 2 N–H and O–H groups in total. The van der Waals surface area contributed by atoms with Gasteiger partial charge in [-0.1, -0.05) is 35.9 Å². The molecule has 4 atom stereocenters. The highest BCUT2D eigenvalue weighted by Crippen LogP contribution is 2.34. The summed E-state index contributed by atoms with van der Waals surface area (Å²) in [5.74, 6) is 0.708. The lowest BCUT2D eigenvalue weighted by Crippen LogP contribution is -2.34. The number of hydrogen-bond acceptors (Lipinski definition) is 7. The number of aliphatic hydroxyl groups is 1. The number of aromatic nitrogens is 3. The summed E-state index contributed by atoms with van der Waals surface area (Å²) >= 11 is 6.53. The number of nitrogens with one attached hydrogen (secondary N) is 1. The number of rotatable bonds is 3. The van der Waals surface area contributed by atoms with Crippen molar-refractivity contribution in [3.63, 3.8) is 0 Å². The van der Waals surface area contributed by atoms with E-state index < -0.39 is 6.10 Å². The zero-order valence-electron chi connectivity index (χ0n) is 15.4. The van der Waals surface area contributed by atoms with Crippen molar-refractivity contribution in [3.8, 4) is 6.01 Å². The minimum Gasteiger partial charge on any atom is -0.456 e. The summed E-state index contributed by atoms with van der Waals surface area (Å²) in [7, 11) is 0. The van der Waals surface area contributed by atoms with Crippen LogP contribution in [-0.4, -0.2) is 57.7 Å². The first kappa shape index (κ1) is 17.5. The Bertz CT molecular complexity index is 1060. The number of fused-ring (bicyclic) bond motifs is 3. The first-order valence-corrected chi connectivity index (χ1v) is 9.99. The van der Waals surface area contributed by atoms with Crippen LogP contribution in [0.3, 0.4) is 0 Å². The maximum absolute atomic E-state index is 9.87. The summed E-state index contributed by atoms with van der Waals surface area (Å²) in [6, 6.07) is 10.5. The van der Waals surface area contributed by atoms with Gasteiger partial charge in [0.2, 0.25) is 0 Å². The van der Waals surface area contributed by atoms with Gasteiger partial charge in [0.1, 0.15) is 18.3 Å². The standard InChI is InChI=1S/C20H19ClN4O4/c21-12-5-13-18(23-19(12)25-6-10-3-1-2-4-11(10)7-25)24-20(22-13)29-15-9-28-16-14(26)8-27-17(15)16/h1-5,14-17,26H,6-9H2,(H,22,23,24)/t14-,15-,16-,17-/m1/s1. The summed E-state index contributed by atoms with van der Waals surface area (Å²) in [6.07, 6.45) is -1.59. The molecule has 0 amide bonds. The Kier molecular flexibility index (Phi) is 3.95. The van der Waals surface area contributed by atoms with E-state index in [9.17, 15) is 5.11 Å². The van der Waals surface area contributed by atoms with Crippen LogP contribution in [0.5, 0.6) is 6.01 Å². The molecule has 6 rings (SSSR count). The molecule has 0 spiro atoms. The molecular formula is C20H19ClN4O4. The number of aliphatic hydroxyl groups excluding tert-OH is 1. The van der Waals surface area contributed by atoms with Crippen molar-refractivity contribution in [1.29, 1.82) is 0 Å². The van der Waals surface area contributed by atoms with E-state index in [1.54, 1.807) is 0 Å². The Hall–Kier alpha value is -2.39. The summed E-state index contributed by atoms with van der Waals surface area (Å²) in [5.41, 5.74) is 3.81. The fourth-order valence-corrected chi connectivity index (χ4v) is 4.61. The summed E-state index contributed by atoms with van der Waals surface area (Å²) in [6.45, 7) is 2.14. The van der Waals surface area contributed by atoms with Crippen molar-refractivity contribution in [1.82, 2.24) is 15.0 Å². The zero-order chi connectivity index (χ0) is 19.5. The predicted molar refractivity (Wildman–Crippen MR) is 105 cm³/mol. The highest BCUT2D eigenvalue weighted by Gasteiger charge is 2.48. The van der Waals surface area contributed by atoms with E-state index in [0.717, 1.165) is 13.1 Å². The molecule has 2 aromatic heterocycles. The van der Waals surface area contributed by atoms with Gasteiger partial charge in [0.25, 0.3) is 6.01 Å². The van der Waals surface area contributed by atoms with E-state index in [2.05, 4.69) is 32.0 Å². The molecule has 2 fully saturated rings. The lowest BCUT2D eigenvalue weighted by Gasteiger charge is -2.17. The molecule has 3 aliphatic rings. The van der Waals surface area contributed by atoms with Gasteiger partial charge in [0.15, 0.2) is 17.6 Å². The van der Waals surface area contributed by atoms with Gasteiger partial charge >= 0.3 is 0 Å². The van der Waals surface area contributed by atoms with Crippen LogP contribution in [-0.2, 0) is 22.6 Å². The van der Waals surface area contributed by atoms with Crippen molar-refractivity contribution in [3.05, 3.63) is 46.5 Å². The summed E-state index contributed by atoms with van der Waals surface area (Å²) in [4.78, 5) is 14.4. The van der Waals surface area contributed by atoms with Gasteiger partial charge in [0, 0.05) is 13.1 Å². The van der Waals surface area contributed by atoms with Gasteiger partial charge in [-0.3, -0.25) is 0 Å². The number of halogens is 1. The number of pyridine rings is 1. The molecule has 3 aliphatic heterocycles. The minimum atomic E-state index is -0.614. The molecule has 0 aliphatic carbocycles. The number of H-pyrrole nitrogens is 1. The lowest BCUT2D eigenvalue weighted by atomic mass is 10.1. The molecule has 9 heteroatoms. The first-order valence-electron chi connectivity index (χ1n) is 9.61. The highest BCUT2D eigenvalue weighted by atomic mass is 35.5. The van der Waals surface area contributed by atoms with Gasteiger partial charge in [0.05, 0.1) is 23.8 Å². The average Bonchev–Trinajstić information content (AvgIpc) is 3.46. The van der Waals surface area contributed by atoms with Crippen LogP contribution in [0.4, 0.5) is 5.82 Å². The summed E-state index contributed by atoms with van der Waals surface area (Å²) in [5, 5.41) is 10.4.